The predicted molar refractivity (Wildman–Crippen MR) is 328 cm³/mol. The van der Waals surface area contributed by atoms with E-state index in [0.29, 0.717) is 16.7 Å². The molecule has 20 nitrogen and oxygen atoms in total. The number of primary amides is 1. The van der Waals surface area contributed by atoms with E-state index in [2.05, 4.69) is 42.2 Å². The Kier molecular flexibility index (Phi) is 21.4. The summed E-state index contributed by atoms with van der Waals surface area (Å²) in [6, 6.07) is 29.6. The first kappa shape index (κ1) is 61.6. The van der Waals surface area contributed by atoms with E-state index >= 15 is 0 Å². The van der Waals surface area contributed by atoms with Crippen LogP contribution in [0.5, 0.6) is 5.75 Å². The van der Waals surface area contributed by atoms with E-state index in [9.17, 15) is 43.5 Å². The number of carbonyl (C=O) groups is 8. The molecule has 1 aliphatic heterocycles. The quantitative estimate of drug-likeness (QED) is 0.0583. The van der Waals surface area contributed by atoms with Crippen LogP contribution in [0.3, 0.4) is 0 Å². The Balaban J connectivity index is 1.14. The monoisotopic (exact) mass is 1180 g/mol. The molecule has 1 aliphatic rings. The van der Waals surface area contributed by atoms with Gasteiger partial charge in [-0.15, -0.1) is 0 Å². The molecular weight excluding hydrogens is 1110 g/mol. The minimum atomic E-state index is -1.41. The molecule has 15 N–H and O–H groups in total. The average Bonchev–Trinajstić information content (AvgIpc) is 4.10. The number of aromatic nitrogens is 1. The molecule has 8 rings (SSSR count). The largest absolute Gasteiger partial charge is 0.508 e. The van der Waals surface area contributed by atoms with E-state index in [0.717, 1.165) is 59.6 Å². The van der Waals surface area contributed by atoms with Crippen LogP contribution >= 0.6 is 21.6 Å². The van der Waals surface area contributed by atoms with Crippen molar-refractivity contribution in [1.82, 2.24) is 42.2 Å². The fourth-order valence-electron chi connectivity index (χ4n) is 9.95. The van der Waals surface area contributed by atoms with Crippen molar-refractivity contribution in [3.8, 4) is 5.75 Å². The zero-order valence-electron chi connectivity index (χ0n) is 46.6. The number of benzene rings is 6. The maximum atomic E-state index is 14.9. The van der Waals surface area contributed by atoms with Gasteiger partial charge in [-0.2, -0.15) is 0 Å². The van der Waals surface area contributed by atoms with E-state index < -0.39 is 102 Å². The summed E-state index contributed by atoms with van der Waals surface area (Å²) in [7, 11) is 2.13. The second-order valence-corrected chi connectivity index (χ2v) is 23.9. The minimum absolute atomic E-state index is 0.0168. The maximum Gasteiger partial charge on any atom is 0.244 e. The van der Waals surface area contributed by atoms with Crippen molar-refractivity contribution in [2.45, 2.75) is 101 Å². The molecule has 2 heterocycles. The molecule has 1 aromatic heterocycles. The summed E-state index contributed by atoms with van der Waals surface area (Å²) < 4.78 is 0. The molecule has 0 saturated carbocycles. The van der Waals surface area contributed by atoms with Gasteiger partial charge in [0.05, 0.1) is 6.04 Å². The average molecular weight is 1180 g/mol. The van der Waals surface area contributed by atoms with E-state index in [1.165, 1.54) is 12.1 Å². The minimum Gasteiger partial charge on any atom is -0.508 e. The van der Waals surface area contributed by atoms with Gasteiger partial charge in [0.15, 0.2) is 0 Å². The highest BCUT2D eigenvalue weighted by Gasteiger charge is 2.36. The number of phenols is 1. The van der Waals surface area contributed by atoms with Gasteiger partial charge in [-0.05, 0) is 93.7 Å². The Morgan fingerprint density at radius 2 is 1.19 bits per heavy atom. The highest BCUT2D eigenvalue weighted by molar-refractivity contribution is 8.76. The smallest absolute Gasteiger partial charge is 0.244 e. The van der Waals surface area contributed by atoms with Gasteiger partial charge in [0, 0.05) is 47.9 Å². The number of carbonyl (C=O) groups excluding carboxylic acids is 8. The molecular formula is C62H71N11O9S2. The molecule has 0 bridgehead atoms. The molecule has 22 heteroatoms. The van der Waals surface area contributed by atoms with Gasteiger partial charge in [-0.3, -0.25) is 38.4 Å². The summed E-state index contributed by atoms with van der Waals surface area (Å²) in [5, 5.41) is 34.4. The summed E-state index contributed by atoms with van der Waals surface area (Å²) in [4.78, 5) is 119. The Morgan fingerprint density at radius 1 is 0.631 bits per heavy atom. The number of phenolic OH excluding ortho intramolecular Hbond substituents is 1. The van der Waals surface area contributed by atoms with E-state index in [1.54, 1.807) is 32.2 Å². The van der Waals surface area contributed by atoms with Crippen molar-refractivity contribution in [3.63, 3.8) is 0 Å². The normalized spacial score (nSPS) is 20.4. The SMILES string of the molecule is CC(C)[C@H]1NC(=O)[C@@H](CCCN)NC(=O)[C@@H](Cc2c[nH]c3ccccc23)NC(=O)[C@@H](Cc2ccc(O)cc2)NC(=O)[C@H](NC(=O)[C@H](N)Cc2ccc3ccccc3c2)CSSC[C@H](C(=O)N[C@H](Cc2ccc3ccccc3c2)C(N)=O)NC1=O. The number of rotatable bonds is 17. The number of fused-ring (bicyclic) bond motifs is 3. The lowest BCUT2D eigenvalue weighted by Gasteiger charge is -2.29. The number of hydrogen-bond acceptors (Lipinski definition) is 13. The van der Waals surface area contributed by atoms with Crippen LogP contribution in [0.15, 0.2) is 140 Å². The van der Waals surface area contributed by atoms with Crippen LogP contribution in [0, 0.1) is 5.92 Å². The van der Waals surface area contributed by atoms with Crippen LogP contribution in [-0.2, 0) is 64.0 Å². The molecule has 0 unspecified atom stereocenters. The van der Waals surface area contributed by atoms with E-state index in [1.807, 2.05) is 109 Å². The Morgan fingerprint density at radius 3 is 1.83 bits per heavy atom. The first-order chi connectivity index (χ1) is 40.4. The Labute approximate surface area is 494 Å². The van der Waals surface area contributed by atoms with Crippen molar-refractivity contribution in [1.29, 1.82) is 0 Å². The third-order valence-corrected chi connectivity index (χ3v) is 17.1. The predicted octanol–water partition coefficient (Wildman–Crippen LogP) is 3.45. The highest BCUT2D eigenvalue weighted by atomic mass is 33.1. The number of nitrogens with one attached hydrogen (secondary N) is 8. The lowest BCUT2D eigenvalue weighted by molar-refractivity contribution is -0.136. The number of nitrogens with two attached hydrogens (primary N) is 3. The van der Waals surface area contributed by atoms with Crippen LogP contribution in [0.4, 0.5) is 0 Å². The van der Waals surface area contributed by atoms with Gasteiger partial charge >= 0.3 is 0 Å². The van der Waals surface area contributed by atoms with Crippen molar-refractivity contribution >= 4 is 101 Å². The molecule has 8 atom stereocenters. The number of para-hydroxylation sites is 1. The summed E-state index contributed by atoms with van der Waals surface area (Å²) >= 11 is 0. The van der Waals surface area contributed by atoms with Gasteiger partial charge in [-0.1, -0.05) is 151 Å². The fourth-order valence-corrected chi connectivity index (χ4v) is 12.3. The van der Waals surface area contributed by atoms with Crippen LogP contribution in [0.1, 0.15) is 48.9 Å². The third-order valence-electron chi connectivity index (χ3n) is 14.7. The van der Waals surface area contributed by atoms with E-state index in [-0.39, 0.29) is 62.3 Å². The lowest BCUT2D eigenvalue weighted by Crippen LogP contribution is -2.61. The van der Waals surface area contributed by atoms with E-state index in [4.69, 9.17) is 17.2 Å². The highest BCUT2D eigenvalue weighted by Crippen LogP contribution is 2.26. The first-order valence-corrected chi connectivity index (χ1v) is 30.3. The number of aromatic amines is 1. The summed E-state index contributed by atoms with van der Waals surface area (Å²) in [5.74, 6) is -7.15. The molecule has 6 aromatic carbocycles. The van der Waals surface area contributed by atoms with Crippen molar-refractivity contribution < 1.29 is 43.5 Å². The second-order valence-electron chi connectivity index (χ2n) is 21.3. The molecule has 0 radical (unpaired) electrons. The topological polar surface area (TPSA) is 335 Å². The lowest BCUT2D eigenvalue weighted by atomic mass is 10.00. The van der Waals surface area contributed by atoms with Crippen LogP contribution < -0.4 is 54.4 Å². The van der Waals surface area contributed by atoms with Gasteiger partial charge in [0.25, 0.3) is 0 Å². The molecule has 440 valence electrons. The van der Waals surface area contributed by atoms with Crippen LogP contribution in [0.2, 0.25) is 0 Å². The van der Waals surface area contributed by atoms with Crippen LogP contribution in [0.25, 0.3) is 32.4 Å². The maximum absolute atomic E-state index is 14.9. The molecule has 0 spiro atoms. The van der Waals surface area contributed by atoms with Crippen LogP contribution in [-0.4, -0.2) is 124 Å². The van der Waals surface area contributed by atoms with Gasteiger partial charge < -0.3 is 64.5 Å². The fraction of sp³-hybridized carbons (Fsp3) is 0.323. The summed E-state index contributed by atoms with van der Waals surface area (Å²) in [6.07, 6.45) is 1.88. The van der Waals surface area contributed by atoms with Crippen molar-refractivity contribution in [3.05, 3.63) is 162 Å². The van der Waals surface area contributed by atoms with Gasteiger partial charge in [-0.25, -0.2) is 0 Å². The first-order valence-electron chi connectivity index (χ1n) is 27.8. The number of aromatic hydroxyl groups is 1. The number of hydrogen-bond donors (Lipinski definition) is 12. The summed E-state index contributed by atoms with van der Waals surface area (Å²) in [6.45, 7) is 3.52. The summed E-state index contributed by atoms with van der Waals surface area (Å²) in [5.41, 5.74) is 21.8. The zero-order valence-corrected chi connectivity index (χ0v) is 48.2. The molecule has 8 amide bonds. The Hall–Kier alpha value is -8.44. The zero-order chi connectivity index (χ0) is 59.9. The molecule has 7 aromatic rings. The number of H-pyrrole nitrogens is 1. The molecule has 84 heavy (non-hydrogen) atoms. The number of amides is 8. The molecule has 1 fully saturated rings. The Bertz CT molecular complexity index is 3510. The third kappa shape index (κ3) is 16.6. The standard InChI is InChI=1S/C62H71N11O9S2/c1-35(2)54-62(82)72-53(60(80)68-49(55(65)75)30-38-18-22-40-11-4-6-13-42(40)27-38)34-84-83-33-52(71-56(76)46(64)28-37-17-21-39-10-3-5-12-41(39)26-37)61(81)69-50(29-36-19-23-44(74)24-20-36)58(78)70-51(31-43-32-66-47-15-8-7-14-45(43)47)59(79)67-48(16-9-25-63)57(77)73-54/h3-8,10-15,17-24,26-27,32,35,46,48-54,66,74H,9,16,25,28-31,33-34,63-64H2,1-2H3,(H2,65,75)(H,67,79)(H,68,80)(H,69,81)(H,70,78)(H,71,76)(H,72,82)(H,73,77)/t46-,48-,49-,50-,51-,52-,53-,54-/m1/s1. The van der Waals surface area contributed by atoms with Gasteiger partial charge in [0.1, 0.15) is 48.0 Å². The van der Waals surface area contributed by atoms with Gasteiger partial charge in [0.2, 0.25) is 47.3 Å². The molecule has 0 aliphatic carbocycles. The van der Waals surface area contributed by atoms with Crippen molar-refractivity contribution in [2.24, 2.45) is 23.1 Å². The van der Waals surface area contributed by atoms with Crippen molar-refractivity contribution in [2.75, 3.05) is 18.1 Å². The molecule has 1 saturated heterocycles. The second kappa shape index (κ2) is 29.2.